The molecule has 0 aromatic heterocycles. The van der Waals surface area contributed by atoms with Crippen LogP contribution in [0.25, 0.3) is 11.1 Å². The monoisotopic (exact) mass is 518 g/mol. The van der Waals surface area contributed by atoms with E-state index in [9.17, 15) is 9.59 Å². The maximum Gasteiger partial charge on any atom is 0.335 e. The summed E-state index contributed by atoms with van der Waals surface area (Å²) in [6.45, 7) is 5.35. The largest absolute Gasteiger partial charge is 0.494 e. The molecule has 0 heterocycles. The van der Waals surface area contributed by atoms with Crippen molar-refractivity contribution in [1.29, 1.82) is 0 Å². The van der Waals surface area contributed by atoms with Crippen LogP contribution in [-0.2, 0) is 6.42 Å². The van der Waals surface area contributed by atoms with Crippen LogP contribution in [0.3, 0.4) is 0 Å². The molecule has 2 N–H and O–H groups in total. The fraction of sp³-hybridized carbons (Fsp3) is 0.394. The van der Waals surface area contributed by atoms with Crippen LogP contribution < -0.4 is 4.74 Å². The molecule has 0 unspecified atom stereocenters. The summed E-state index contributed by atoms with van der Waals surface area (Å²) in [6.07, 6.45) is 12.8. The van der Waals surface area contributed by atoms with E-state index in [0.29, 0.717) is 0 Å². The number of carboxylic acid groups (broad SMARTS) is 2. The summed E-state index contributed by atoms with van der Waals surface area (Å²) in [5, 5.41) is 16.9. The van der Waals surface area contributed by atoms with Crippen molar-refractivity contribution in [3.05, 3.63) is 89.5 Å². The van der Waals surface area contributed by atoms with Crippen LogP contribution in [0.5, 0.6) is 5.75 Å². The van der Waals surface area contributed by atoms with Gasteiger partial charge in [-0.05, 0) is 72.4 Å². The van der Waals surface area contributed by atoms with Crippen LogP contribution in [0.1, 0.15) is 97.9 Å². The van der Waals surface area contributed by atoms with E-state index < -0.39 is 11.9 Å². The minimum Gasteiger partial charge on any atom is -0.494 e. The molecular formula is C33H42O5. The van der Waals surface area contributed by atoms with Gasteiger partial charge in [-0.3, -0.25) is 0 Å². The van der Waals surface area contributed by atoms with E-state index in [1.54, 1.807) is 0 Å². The number of unbranched alkanes of at least 4 members (excludes halogenated alkanes) is 7. The summed E-state index contributed by atoms with van der Waals surface area (Å²) in [5.41, 5.74) is 4.29. The molecule has 0 fully saturated rings. The minimum absolute atomic E-state index is 0.0833. The zero-order chi connectivity index (χ0) is 27.6. The third-order valence-corrected chi connectivity index (χ3v) is 6.38. The number of rotatable bonds is 15. The van der Waals surface area contributed by atoms with Crippen molar-refractivity contribution in [2.45, 2.75) is 78.1 Å². The average Bonchev–Trinajstić information content (AvgIpc) is 2.94. The normalized spacial score (nSPS) is 10.4. The number of carbonyl (C=O) groups is 2. The van der Waals surface area contributed by atoms with Gasteiger partial charge in [0.05, 0.1) is 17.7 Å². The van der Waals surface area contributed by atoms with E-state index in [0.717, 1.165) is 18.8 Å². The zero-order valence-electron chi connectivity index (χ0n) is 22.8. The molecule has 0 amide bonds. The molecular weight excluding hydrogens is 476 g/mol. The van der Waals surface area contributed by atoms with Crippen molar-refractivity contribution in [2.24, 2.45) is 0 Å². The second-order valence-corrected chi connectivity index (χ2v) is 9.44. The molecule has 0 aliphatic rings. The van der Waals surface area contributed by atoms with Gasteiger partial charge < -0.3 is 14.9 Å². The van der Waals surface area contributed by atoms with Crippen molar-refractivity contribution < 1.29 is 24.5 Å². The maximum absolute atomic E-state index is 10.3. The van der Waals surface area contributed by atoms with Crippen LogP contribution >= 0.6 is 0 Å². The summed E-state index contributed by atoms with van der Waals surface area (Å²) >= 11 is 0. The molecule has 3 aromatic rings. The Morgan fingerprint density at radius 3 is 1.74 bits per heavy atom. The first-order valence-electron chi connectivity index (χ1n) is 13.8. The first-order valence-corrected chi connectivity index (χ1v) is 13.8. The van der Waals surface area contributed by atoms with E-state index >= 15 is 0 Å². The molecule has 0 spiro atoms. The Hall–Kier alpha value is -3.60. The molecule has 0 bridgehead atoms. The highest BCUT2D eigenvalue weighted by Gasteiger charge is 2.06. The van der Waals surface area contributed by atoms with Crippen molar-refractivity contribution >= 4 is 11.9 Å². The van der Waals surface area contributed by atoms with Crippen LogP contribution in [-0.4, -0.2) is 28.8 Å². The van der Waals surface area contributed by atoms with Gasteiger partial charge in [0.25, 0.3) is 0 Å². The molecule has 0 aliphatic carbocycles. The third-order valence-electron chi connectivity index (χ3n) is 6.38. The summed E-state index contributed by atoms with van der Waals surface area (Å²) in [4.78, 5) is 20.7. The first-order chi connectivity index (χ1) is 18.5. The quantitative estimate of drug-likeness (QED) is 0.196. The maximum atomic E-state index is 10.3. The Morgan fingerprint density at radius 1 is 0.632 bits per heavy atom. The molecule has 3 aromatic carbocycles. The summed E-state index contributed by atoms with van der Waals surface area (Å²) < 4.78 is 5.91. The predicted octanol–water partition coefficient (Wildman–Crippen LogP) is 8.91. The lowest BCUT2D eigenvalue weighted by Crippen LogP contribution is -1.99. The lowest BCUT2D eigenvalue weighted by atomic mass is 9.96. The van der Waals surface area contributed by atoms with Gasteiger partial charge in [-0.1, -0.05) is 95.2 Å². The first kappa shape index (κ1) is 30.6. The van der Waals surface area contributed by atoms with Gasteiger partial charge in [0.15, 0.2) is 0 Å². The number of aryl methyl sites for hydroxylation is 1. The summed E-state index contributed by atoms with van der Waals surface area (Å²) in [7, 11) is 0. The number of ether oxygens (including phenoxy) is 1. The van der Waals surface area contributed by atoms with Crippen LogP contribution in [0.15, 0.2) is 72.8 Å². The van der Waals surface area contributed by atoms with Crippen molar-refractivity contribution in [1.82, 2.24) is 0 Å². The second-order valence-electron chi connectivity index (χ2n) is 9.44. The van der Waals surface area contributed by atoms with E-state index in [1.807, 2.05) is 0 Å². The number of benzene rings is 3. The Kier molecular flexibility index (Phi) is 14.3. The Labute approximate surface area is 227 Å². The highest BCUT2D eigenvalue weighted by Crippen LogP contribution is 2.27. The van der Waals surface area contributed by atoms with Crippen molar-refractivity contribution in [3.8, 4) is 16.9 Å². The Balaban J connectivity index is 0.000000352. The second kappa shape index (κ2) is 17.8. The lowest BCUT2D eigenvalue weighted by Gasteiger charge is -2.11. The smallest absolute Gasteiger partial charge is 0.335 e. The molecule has 38 heavy (non-hydrogen) atoms. The molecule has 5 heteroatoms. The van der Waals surface area contributed by atoms with Gasteiger partial charge in [-0.25, -0.2) is 9.59 Å². The summed E-state index contributed by atoms with van der Waals surface area (Å²) in [6, 6.07) is 22.5. The molecule has 5 nitrogen and oxygen atoms in total. The number of hydrogen-bond donors (Lipinski definition) is 2. The fourth-order valence-corrected chi connectivity index (χ4v) is 4.14. The summed E-state index contributed by atoms with van der Waals surface area (Å²) in [5.74, 6) is -1.13. The van der Waals surface area contributed by atoms with E-state index in [4.69, 9.17) is 14.9 Å². The van der Waals surface area contributed by atoms with Crippen LogP contribution in [0, 0.1) is 0 Å². The van der Waals surface area contributed by atoms with Gasteiger partial charge in [0, 0.05) is 0 Å². The lowest BCUT2D eigenvalue weighted by molar-refractivity contribution is 0.0681. The van der Waals surface area contributed by atoms with E-state index in [1.165, 1.54) is 98.7 Å². The van der Waals surface area contributed by atoms with Gasteiger partial charge in [-0.2, -0.15) is 0 Å². The average molecular weight is 519 g/mol. The zero-order valence-corrected chi connectivity index (χ0v) is 22.8. The van der Waals surface area contributed by atoms with Gasteiger partial charge in [0.2, 0.25) is 0 Å². The molecule has 0 atom stereocenters. The number of hydrogen-bond acceptors (Lipinski definition) is 3. The van der Waals surface area contributed by atoms with Gasteiger partial charge in [-0.15, -0.1) is 0 Å². The van der Waals surface area contributed by atoms with E-state index in [2.05, 4.69) is 62.4 Å². The van der Waals surface area contributed by atoms with Crippen molar-refractivity contribution in [3.63, 3.8) is 0 Å². The molecule has 0 radical (unpaired) electrons. The topological polar surface area (TPSA) is 83.8 Å². The number of carboxylic acids is 2. The third kappa shape index (κ3) is 11.2. The van der Waals surface area contributed by atoms with E-state index in [-0.39, 0.29) is 11.1 Å². The van der Waals surface area contributed by atoms with Gasteiger partial charge >= 0.3 is 11.9 Å². The van der Waals surface area contributed by atoms with Crippen LogP contribution in [0.2, 0.25) is 0 Å². The minimum atomic E-state index is -1.06. The van der Waals surface area contributed by atoms with Crippen molar-refractivity contribution in [2.75, 3.05) is 6.61 Å². The SMILES string of the molecule is CCCCCCCCOc1ccc(-c2ccccc2CCCCC)cc1.O=C(O)c1ccc(C(=O)O)cc1. The van der Waals surface area contributed by atoms with Crippen LogP contribution in [0.4, 0.5) is 0 Å². The Morgan fingerprint density at radius 2 is 1.16 bits per heavy atom. The number of aromatic carboxylic acids is 2. The molecule has 0 saturated heterocycles. The fourth-order valence-electron chi connectivity index (χ4n) is 4.14. The molecule has 3 rings (SSSR count). The molecule has 0 saturated carbocycles. The standard InChI is InChI=1S/C25H36O.C8H6O4/c1-3-5-7-8-9-13-21-26-24-19-17-23(18-20-24)25-16-12-11-15-22(25)14-10-6-4-2;9-7(10)5-1-2-6(4-3-5)8(11)12/h11-12,15-20H,3-10,13-14,21H2,1-2H3;1-4H,(H,9,10)(H,11,12). The molecule has 0 aliphatic heterocycles. The molecule has 204 valence electrons. The predicted molar refractivity (Wildman–Crippen MR) is 154 cm³/mol. The Bertz CT molecular complexity index is 1050. The van der Waals surface area contributed by atoms with Gasteiger partial charge in [0.1, 0.15) is 5.75 Å². The highest BCUT2D eigenvalue weighted by molar-refractivity contribution is 5.91. The highest BCUT2D eigenvalue weighted by atomic mass is 16.5.